The van der Waals surface area contributed by atoms with Crippen LogP contribution in [0.25, 0.3) is 11.3 Å². The third-order valence-electron chi connectivity index (χ3n) is 9.90. The Morgan fingerprint density at radius 1 is 0.960 bits per heavy atom. The summed E-state index contributed by atoms with van der Waals surface area (Å²) in [5.41, 5.74) is 3.59. The highest BCUT2D eigenvalue weighted by atomic mass is 35.5. The van der Waals surface area contributed by atoms with Crippen LogP contribution in [0.2, 0.25) is 10.0 Å². The number of carbonyl (C=O) groups excluding carboxylic acids is 1. The van der Waals surface area contributed by atoms with Gasteiger partial charge in [-0.3, -0.25) is 4.79 Å². The molecule has 0 aliphatic heterocycles. The molecule has 4 aromatic rings. The van der Waals surface area contributed by atoms with Gasteiger partial charge in [0.1, 0.15) is 11.6 Å². The van der Waals surface area contributed by atoms with Gasteiger partial charge in [-0.15, -0.1) is 0 Å². The third kappa shape index (κ3) is 9.91. The zero-order valence-corrected chi connectivity index (χ0v) is 31.0. The van der Waals surface area contributed by atoms with Crippen LogP contribution in [0.15, 0.2) is 79.0 Å². The number of carbonyl (C=O) groups is 2. The van der Waals surface area contributed by atoms with E-state index in [0.29, 0.717) is 28.1 Å². The van der Waals surface area contributed by atoms with E-state index >= 15 is 0 Å². The van der Waals surface area contributed by atoms with Gasteiger partial charge in [0, 0.05) is 35.7 Å². The second kappa shape index (κ2) is 16.9. The molecule has 1 aliphatic carbocycles. The number of aliphatic carboxylic acids is 1. The predicted octanol–water partition coefficient (Wildman–Crippen LogP) is 9.98. The Labute approximate surface area is 306 Å². The number of aryl methyl sites for hydroxylation is 1. The maximum atomic E-state index is 14.0. The maximum absolute atomic E-state index is 14.0. The van der Waals surface area contributed by atoms with E-state index in [1.807, 2.05) is 54.7 Å². The molecule has 2 atom stereocenters. The molecule has 1 unspecified atom stereocenters. The first kappa shape index (κ1) is 37.4. The molecule has 1 saturated carbocycles. The van der Waals surface area contributed by atoms with E-state index in [4.69, 9.17) is 32.9 Å². The fraction of sp³-hybridized carbons (Fsp3) is 0.439. The lowest BCUT2D eigenvalue weighted by atomic mass is 9.69. The Balaban J connectivity index is 1.41. The van der Waals surface area contributed by atoms with Crippen molar-refractivity contribution in [1.82, 2.24) is 14.9 Å². The van der Waals surface area contributed by atoms with Gasteiger partial charge in [0.2, 0.25) is 5.91 Å². The summed E-state index contributed by atoms with van der Waals surface area (Å²) in [6, 6.07) is 21.9. The highest BCUT2D eigenvalue weighted by Gasteiger charge is 2.34. The average molecular weight is 719 g/mol. The number of unbranched alkanes of at least 4 members (excludes halogenated alkanes) is 1. The highest BCUT2D eigenvalue weighted by Crippen LogP contribution is 2.40. The van der Waals surface area contributed by atoms with Crippen LogP contribution in [0.4, 0.5) is 0 Å². The summed E-state index contributed by atoms with van der Waals surface area (Å²) >= 11 is 12.8. The summed E-state index contributed by atoms with van der Waals surface area (Å²) < 4.78 is 8.07. The van der Waals surface area contributed by atoms with Crippen molar-refractivity contribution in [2.75, 3.05) is 0 Å². The van der Waals surface area contributed by atoms with E-state index in [1.54, 1.807) is 24.3 Å². The molecular formula is C41H49Cl2N3O4. The topological polar surface area (TPSA) is 93.5 Å². The van der Waals surface area contributed by atoms with Gasteiger partial charge in [0.05, 0.1) is 16.8 Å². The molecule has 1 amide bonds. The van der Waals surface area contributed by atoms with Crippen molar-refractivity contribution in [1.29, 1.82) is 0 Å². The molecule has 0 spiro atoms. The number of hydrogen-bond donors (Lipinski definition) is 2. The van der Waals surface area contributed by atoms with Crippen molar-refractivity contribution in [2.24, 2.45) is 17.3 Å². The first-order valence-electron chi connectivity index (χ1n) is 17.8. The van der Waals surface area contributed by atoms with E-state index in [1.165, 1.54) is 0 Å². The Hall–Kier alpha value is -3.81. The van der Waals surface area contributed by atoms with Crippen molar-refractivity contribution in [3.8, 4) is 17.0 Å². The van der Waals surface area contributed by atoms with E-state index < -0.39 is 18.1 Å². The second-order valence-electron chi connectivity index (χ2n) is 14.6. The van der Waals surface area contributed by atoms with Crippen LogP contribution in [0, 0.1) is 17.3 Å². The number of carboxylic acid groups (broad SMARTS) is 1. The van der Waals surface area contributed by atoms with Crippen LogP contribution >= 0.6 is 23.2 Å². The first-order chi connectivity index (χ1) is 23.9. The molecule has 0 saturated heterocycles. The Morgan fingerprint density at radius 2 is 1.64 bits per heavy atom. The van der Waals surface area contributed by atoms with Crippen molar-refractivity contribution < 1.29 is 19.4 Å². The number of amides is 1. The molecule has 1 aliphatic rings. The fourth-order valence-electron chi connectivity index (χ4n) is 6.87. The maximum Gasteiger partial charge on any atom is 0.345 e. The molecule has 50 heavy (non-hydrogen) atoms. The summed E-state index contributed by atoms with van der Waals surface area (Å²) in [5.74, 6) is 0.837. The normalized spacial score (nSPS) is 17.6. The number of carboxylic acids is 1. The number of imidazole rings is 1. The molecule has 1 heterocycles. The summed E-state index contributed by atoms with van der Waals surface area (Å²) in [5, 5.41) is 14.3. The van der Waals surface area contributed by atoms with Crippen LogP contribution in [-0.4, -0.2) is 32.6 Å². The molecule has 9 heteroatoms. The highest BCUT2D eigenvalue weighted by molar-refractivity contribution is 6.36. The molecular weight excluding hydrogens is 669 g/mol. The lowest BCUT2D eigenvalue weighted by Gasteiger charge is -2.36. The van der Waals surface area contributed by atoms with E-state index in [-0.39, 0.29) is 23.7 Å². The zero-order chi connectivity index (χ0) is 35.8. The van der Waals surface area contributed by atoms with E-state index in [2.05, 4.69) is 37.6 Å². The molecule has 266 valence electrons. The van der Waals surface area contributed by atoms with Crippen LogP contribution < -0.4 is 10.1 Å². The smallest absolute Gasteiger partial charge is 0.345 e. The lowest BCUT2D eigenvalue weighted by Crippen LogP contribution is -2.38. The number of hydrogen-bond acceptors (Lipinski definition) is 4. The Bertz CT molecular complexity index is 1720. The minimum absolute atomic E-state index is 0.0475. The lowest BCUT2D eigenvalue weighted by molar-refractivity contribution is -0.145. The molecule has 0 radical (unpaired) electrons. The summed E-state index contributed by atoms with van der Waals surface area (Å²) in [6.07, 6.45) is 7.53. The molecule has 3 aromatic carbocycles. The second-order valence-corrected chi connectivity index (χ2v) is 15.5. The number of nitrogens with zero attached hydrogens (tertiary/aromatic N) is 2. The van der Waals surface area contributed by atoms with Crippen molar-refractivity contribution in [3.05, 3.63) is 106 Å². The van der Waals surface area contributed by atoms with Crippen molar-refractivity contribution in [3.63, 3.8) is 0 Å². The quantitative estimate of drug-likeness (QED) is 0.135. The number of nitrogens with one attached hydrogen (secondary N) is 1. The first-order valence-corrected chi connectivity index (χ1v) is 18.5. The SMILES string of the molecule is CCCCn1cc(-c2ccc(Cl)cc2Cl)nc1[C@H](Cc1ccc(OC(Cc2ccccc2)C(=O)O)cc1)NC(=O)C1CCC(C(C)(C)C)CC1. The molecule has 5 rings (SSSR count). The largest absolute Gasteiger partial charge is 0.478 e. The van der Waals surface area contributed by atoms with Gasteiger partial charge in [0.25, 0.3) is 0 Å². The number of halogens is 2. The van der Waals surface area contributed by atoms with Crippen molar-refractivity contribution in [2.45, 2.75) is 97.8 Å². The minimum atomic E-state index is -1.02. The molecule has 7 nitrogen and oxygen atoms in total. The molecule has 1 aromatic heterocycles. The zero-order valence-electron chi connectivity index (χ0n) is 29.5. The van der Waals surface area contributed by atoms with E-state index in [0.717, 1.165) is 73.3 Å². The monoisotopic (exact) mass is 717 g/mol. The standard InChI is InChI=1S/C41H49Cl2N3O4/c1-5-6-22-46-26-36(33-21-18-31(42)25-34(33)43)44-38(46)35(45-39(47)29-14-16-30(17-15-29)41(2,3)4)23-28-12-19-32(20-13-28)50-37(40(48)49)24-27-10-8-7-9-11-27/h7-13,18-21,25-26,29-30,35,37H,5-6,14-17,22-24H2,1-4H3,(H,45,47)(H,48,49)/t29?,30?,35-,37?/m0/s1. The van der Waals surface area contributed by atoms with E-state index in [9.17, 15) is 14.7 Å². The molecule has 2 N–H and O–H groups in total. The fourth-order valence-corrected chi connectivity index (χ4v) is 7.38. The summed E-state index contributed by atoms with van der Waals surface area (Å²) in [7, 11) is 0. The Kier molecular flexibility index (Phi) is 12.7. The number of rotatable bonds is 14. The van der Waals surface area contributed by atoms with Gasteiger partial charge in [-0.05, 0) is 91.3 Å². The predicted molar refractivity (Wildman–Crippen MR) is 201 cm³/mol. The van der Waals surface area contributed by atoms with Crippen molar-refractivity contribution >= 4 is 35.1 Å². The number of benzene rings is 3. The van der Waals surface area contributed by atoms with Crippen LogP contribution in [-0.2, 0) is 29.0 Å². The van der Waals surface area contributed by atoms with Gasteiger partial charge in [-0.25, -0.2) is 9.78 Å². The molecule has 0 bridgehead atoms. The van der Waals surface area contributed by atoms with Crippen LogP contribution in [0.1, 0.15) is 89.2 Å². The van der Waals surface area contributed by atoms with Crippen LogP contribution in [0.5, 0.6) is 5.75 Å². The summed E-state index contributed by atoms with van der Waals surface area (Å²) in [4.78, 5) is 31.1. The third-order valence-corrected chi connectivity index (χ3v) is 10.4. The molecule has 1 fully saturated rings. The van der Waals surface area contributed by atoms with Gasteiger partial charge >= 0.3 is 5.97 Å². The average Bonchev–Trinajstić information content (AvgIpc) is 3.51. The summed E-state index contributed by atoms with van der Waals surface area (Å²) in [6.45, 7) is 9.76. The van der Waals surface area contributed by atoms with Gasteiger partial charge < -0.3 is 19.7 Å². The van der Waals surface area contributed by atoms with Crippen LogP contribution in [0.3, 0.4) is 0 Å². The van der Waals surface area contributed by atoms with Gasteiger partial charge in [0.15, 0.2) is 6.10 Å². The number of ether oxygens (including phenoxy) is 1. The Morgan fingerprint density at radius 3 is 2.26 bits per heavy atom. The van der Waals surface area contributed by atoms with Gasteiger partial charge in [-0.2, -0.15) is 0 Å². The number of aromatic nitrogens is 2. The minimum Gasteiger partial charge on any atom is -0.478 e. The van der Waals surface area contributed by atoms with Gasteiger partial charge in [-0.1, -0.05) is 99.8 Å².